The number of carbonyl (C=O) groups is 1. The molecule has 22 heavy (non-hydrogen) atoms. The maximum Gasteiger partial charge on any atom is 0.423 e. The van der Waals surface area contributed by atoms with E-state index < -0.39 is 53.3 Å². The van der Waals surface area contributed by atoms with Crippen LogP contribution in [0.3, 0.4) is 0 Å². The van der Waals surface area contributed by atoms with Gasteiger partial charge in [0.05, 0.1) is 12.0 Å². The van der Waals surface area contributed by atoms with Gasteiger partial charge in [0.1, 0.15) is 0 Å². The molecule has 3 nitrogen and oxygen atoms in total. The lowest BCUT2D eigenvalue weighted by Gasteiger charge is -2.43. The van der Waals surface area contributed by atoms with Gasteiger partial charge in [0.15, 0.2) is 0 Å². The third-order valence-corrected chi connectivity index (χ3v) is 4.73. The molecular formula is C14H19F5O3. The molecule has 2 bridgehead atoms. The SMILES string of the molecule is CC(C)(C)C(=O)OCC1CC2CC1C(O)(C(F)(F)F)C2(F)F. The second-order valence-corrected chi connectivity index (χ2v) is 7.27. The van der Waals surface area contributed by atoms with Crippen LogP contribution in [-0.2, 0) is 9.53 Å². The fourth-order valence-electron chi connectivity index (χ4n) is 3.47. The van der Waals surface area contributed by atoms with Crippen LogP contribution in [0, 0.1) is 23.2 Å². The van der Waals surface area contributed by atoms with Gasteiger partial charge in [-0.15, -0.1) is 0 Å². The van der Waals surface area contributed by atoms with E-state index in [1.165, 1.54) is 0 Å². The summed E-state index contributed by atoms with van der Waals surface area (Å²) in [5.74, 6) is -8.93. The maximum absolute atomic E-state index is 13.9. The molecule has 0 aliphatic heterocycles. The minimum atomic E-state index is -5.43. The molecule has 0 aromatic heterocycles. The predicted molar refractivity (Wildman–Crippen MR) is 66.1 cm³/mol. The van der Waals surface area contributed by atoms with E-state index >= 15 is 0 Å². The van der Waals surface area contributed by atoms with Gasteiger partial charge in [0.2, 0.25) is 5.60 Å². The highest BCUT2D eigenvalue weighted by molar-refractivity contribution is 5.75. The Bertz CT molecular complexity index is 468. The first-order valence-corrected chi connectivity index (χ1v) is 7.07. The Morgan fingerprint density at radius 1 is 1.23 bits per heavy atom. The van der Waals surface area contributed by atoms with E-state index in [9.17, 15) is 31.9 Å². The predicted octanol–water partition coefficient (Wildman–Crippen LogP) is 3.16. The fourth-order valence-corrected chi connectivity index (χ4v) is 3.47. The molecule has 0 aromatic carbocycles. The van der Waals surface area contributed by atoms with Crippen molar-refractivity contribution in [1.82, 2.24) is 0 Å². The molecule has 0 heterocycles. The first-order chi connectivity index (χ1) is 9.73. The number of hydrogen-bond donors (Lipinski definition) is 1. The molecule has 4 unspecified atom stereocenters. The lowest BCUT2D eigenvalue weighted by molar-refractivity contribution is -0.353. The summed E-state index contributed by atoms with van der Waals surface area (Å²) in [5.41, 5.74) is -4.87. The van der Waals surface area contributed by atoms with Gasteiger partial charge in [0.25, 0.3) is 5.92 Å². The molecule has 0 radical (unpaired) electrons. The lowest BCUT2D eigenvalue weighted by atomic mass is 9.74. The molecule has 2 rings (SSSR count). The summed E-state index contributed by atoms with van der Waals surface area (Å²) in [4.78, 5) is 11.7. The van der Waals surface area contributed by atoms with Gasteiger partial charge in [-0.3, -0.25) is 4.79 Å². The average Bonchev–Trinajstić information content (AvgIpc) is 2.83. The third kappa shape index (κ3) is 2.30. The van der Waals surface area contributed by atoms with Crippen LogP contribution in [0.1, 0.15) is 33.6 Å². The van der Waals surface area contributed by atoms with E-state index in [1.807, 2.05) is 0 Å². The van der Waals surface area contributed by atoms with Gasteiger partial charge in [-0.2, -0.15) is 13.2 Å². The highest BCUT2D eigenvalue weighted by Crippen LogP contribution is 2.66. The van der Waals surface area contributed by atoms with E-state index in [1.54, 1.807) is 20.8 Å². The largest absolute Gasteiger partial charge is 0.465 e. The van der Waals surface area contributed by atoms with Gasteiger partial charge >= 0.3 is 12.1 Å². The number of fused-ring (bicyclic) bond motifs is 2. The lowest BCUT2D eigenvalue weighted by Crippen LogP contribution is -2.64. The van der Waals surface area contributed by atoms with Crippen LogP contribution in [0.4, 0.5) is 22.0 Å². The minimum absolute atomic E-state index is 0.187. The Morgan fingerprint density at radius 3 is 2.18 bits per heavy atom. The smallest absolute Gasteiger partial charge is 0.423 e. The highest BCUT2D eigenvalue weighted by atomic mass is 19.4. The van der Waals surface area contributed by atoms with E-state index in [-0.39, 0.29) is 13.0 Å². The Hall–Kier alpha value is -0.920. The monoisotopic (exact) mass is 330 g/mol. The number of hydrogen-bond acceptors (Lipinski definition) is 3. The molecule has 0 aromatic rings. The van der Waals surface area contributed by atoms with Gasteiger partial charge in [-0.1, -0.05) is 0 Å². The van der Waals surface area contributed by atoms with Crippen molar-refractivity contribution in [2.24, 2.45) is 23.2 Å². The van der Waals surface area contributed by atoms with Crippen LogP contribution in [-0.4, -0.2) is 35.4 Å². The van der Waals surface area contributed by atoms with Crippen LogP contribution in [0.2, 0.25) is 0 Å². The number of rotatable bonds is 2. The summed E-state index contributed by atoms with van der Waals surface area (Å²) in [6.07, 6.45) is -6.03. The standard InChI is InChI=1S/C14H19F5O3/c1-11(2,3)10(20)22-6-7-4-8-5-9(7)12(21,13(8,15)16)14(17,18)19/h7-9,21H,4-6H2,1-3H3. The number of alkyl halides is 5. The second kappa shape index (κ2) is 4.79. The van der Waals surface area contributed by atoms with E-state index in [0.717, 1.165) is 0 Å². The van der Waals surface area contributed by atoms with Crippen LogP contribution >= 0.6 is 0 Å². The zero-order valence-electron chi connectivity index (χ0n) is 12.5. The van der Waals surface area contributed by atoms with Crippen LogP contribution in [0.5, 0.6) is 0 Å². The van der Waals surface area contributed by atoms with Gasteiger partial charge in [-0.25, -0.2) is 8.78 Å². The zero-order valence-corrected chi connectivity index (χ0v) is 12.5. The Balaban J connectivity index is 2.15. The molecule has 2 fully saturated rings. The summed E-state index contributed by atoms with van der Waals surface area (Å²) in [7, 11) is 0. The average molecular weight is 330 g/mol. The summed E-state index contributed by atoms with van der Waals surface area (Å²) in [6, 6.07) is 0. The summed E-state index contributed by atoms with van der Waals surface area (Å²) >= 11 is 0. The molecule has 2 saturated carbocycles. The summed E-state index contributed by atoms with van der Waals surface area (Å²) in [6.45, 7) is 4.36. The van der Waals surface area contributed by atoms with Crippen LogP contribution in [0.15, 0.2) is 0 Å². The molecular weight excluding hydrogens is 311 g/mol. The number of esters is 1. The summed E-state index contributed by atoms with van der Waals surface area (Å²) in [5, 5.41) is 9.73. The molecule has 8 heteroatoms. The molecule has 128 valence electrons. The third-order valence-electron chi connectivity index (χ3n) is 4.73. The first kappa shape index (κ1) is 17.4. The molecule has 1 N–H and O–H groups in total. The fraction of sp³-hybridized carbons (Fsp3) is 0.929. The van der Waals surface area contributed by atoms with Crippen LogP contribution in [0.25, 0.3) is 0 Å². The molecule has 0 spiro atoms. The topological polar surface area (TPSA) is 46.5 Å². The molecule has 0 saturated heterocycles. The number of carbonyl (C=O) groups excluding carboxylic acids is 1. The van der Waals surface area contributed by atoms with Gasteiger partial charge in [0, 0.05) is 11.8 Å². The van der Waals surface area contributed by atoms with Crippen molar-refractivity contribution in [3.63, 3.8) is 0 Å². The number of halogens is 5. The van der Waals surface area contributed by atoms with Crippen molar-refractivity contribution in [1.29, 1.82) is 0 Å². The quantitative estimate of drug-likeness (QED) is 0.625. The maximum atomic E-state index is 13.9. The molecule has 4 atom stereocenters. The molecule has 2 aliphatic rings. The molecule has 2 aliphatic carbocycles. The van der Waals surface area contributed by atoms with Gasteiger partial charge in [-0.05, 0) is 39.5 Å². The van der Waals surface area contributed by atoms with Crippen molar-refractivity contribution in [2.45, 2.75) is 51.3 Å². The Morgan fingerprint density at radius 2 is 1.77 bits per heavy atom. The van der Waals surface area contributed by atoms with Crippen molar-refractivity contribution in [3.05, 3.63) is 0 Å². The Kier molecular flexibility index (Phi) is 3.79. The first-order valence-electron chi connectivity index (χ1n) is 7.07. The van der Waals surface area contributed by atoms with E-state index in [4.69, 9.17) is 4.74 Å². The second-order valence-electron chi connectivity index (χ2n) is 7.27. The van der Waals surface area contributed by atoms with Crippen molar-refractivity contribution >= 4 is 5.97 Å². The minimum Gasteiger partial charge on any atom is -0.465 e. The summed E-state index contributed by atoms with van der Waals surface area (Å²) < 4.78 is 71.8. The zero-order chi connectivity index (χ0) is 17.1. The Labute approximate surface area is 124 Å². The van der Waals surface area contributed by atoms with Crippen molar-refractivity contribution in [3.8, 4) is 0 Å². The van der Waals surface area contributed by atoms with Crippen molar-refractivity contribution in [2.75, 3.05) is 6.61 Å². The normalized spacial score (nSPS) is 37.4. The van der Waals surface area contributed by atoms with Crippen molar-refractivity contribution < 1.29 is 36.6 Å². The van der Waals surface area contributed by atoms with Gasteiger partial charge < -0.3 is 9.84 Å². The number of aliphatic hydroxyl groups is 1. The van der Waals surface area contributed by atoms with E-state index in [2.05, 4.69) is 0 Å². The van der Waals surface area contributed by atoms with E-state index in [0.29, 0.717) is 0 Å². The molecule has 0 amide bonds. The van der Waals surface area contributed by atoms with Crippen LogP contribution < -0.4 is 0 Å². The highest BCUT2D eigenvalue weighted by Gasteiger charge is 2.82. The number of ether oxygens (including phenoxy) is 1.